The molecule has 2 aromatic rings. The summed E-state index contributed by atoms with van der Waals surface area (Å²) in [5, 5.41) is 0. The summed E-state index contributed by atoms with van der Waals surface area (Å²) in [6.07, 6.45) is 6.64. The molecule has 1 amide bonds. The van der Waals surface area contributed by atoms with Gasteiger partial charge in [-0.15, -0.1) is 0 Å². The third-order valence-corrected chi connectivity index (χ3v) is 5.40. The molecule has 1 atom stereocenters. The van der Waals surface area contributed by atoms with E-state index in [-0.39, 0.29) is 12.5 Å². The molecule has 2 aliphatic rings. The van der Waals surface area contributed by atoms with Crippen LogP contribution in [0, 0.1) is 6.92 Å². The highest BCUT2D eigenvalue weighted by atomic mass is 16.5. The van der Waals surface area contributed by atoms with Gasteiger partial charge < -0.3 is 14.2 Å². The van der Waals surface area contributed by atoms with E-state index in [1.54, 1.807) is 0 Å². The van der Waals surface area contributed by atoms with Crippen molar-refractivity contribution in [2.75, 3.05) is 19.7 Å². The van der Waals surface area contributed by atoms with Gasteiger partial charge in [-0.3, -0.25) is 4.79 Å². The van der Waals surface area contributed by atoms with Crippen LogP contribution in [0.15, 0.2) is 36.5 Å². The maximum atomic E-state index is 12.6. The second-order valence-corrected chi connectivity index (χ2v) is 7.52. The van der Waals surface area contributed by atoms with Crippen LogP contribution in [0.2, 0.25) is 0 Å². The molecule has 26 heavy (non-hydrogen) atoms. The number of carbonyl (C=O) groups excluding carboxylic acids is 1. The maximum Gasteiger partial charge on any atom is 0.248 e. The second kappa shape index (κ2) is 7.62. The first-order valence-corrected chi connectivity index (χ1v) is 9.65. The number of carbonyl (C=O) groups is 1. The van der Waals surface area contributed by atoms with Crippen molar-refractivity contribution in [1.82, 2.24) is 14.5 Å². The van der Waals surface area contributed by atoms with Gasteiger partial charge in [-0.25, -0.2) is 4.98 Å². The first kappa shape index (κ1) is 17.3. The van der Waals surface area contributed by atoms with Crippen molar-refractivity contribution < 1.29 is 9.53 Å². The van der Waals surface area contributed by atoms with Gasteiger partial charge in [0.05, 0.1) is 12.6 Å². The molecular formula is C21H27N3O2. The quantitative estimate of drug-likeness (QED) is 0.799. The average molecular weight is 353 g/mol. The number of hydrogen-bond acceptors (Lipinski definition) is 3. The van der Waals surface area contributed by atoms with Crippen LogP contribution < -0.4 is 0 Å². The molecule has 4 rings (SSSR count). The van der Waals surface area contributed by atoms with Gasteiger partial charge in [-0.1, -0.05) is 30.3 Å². The van der Waals surface area contributed by atoms with Gasteiger partial charge in [0.2, 0.25) is 5.91 Å². The summed E-state index contributed by atoms with van der Waals surface area (Å²) in [5.74, 6) is 1.95. The van der Waals surface area contributed by atoms with E-state index in [9.17, 15) is 4.79 Å². The zero-order valence-electron chi connectivity index (χ0n) is 15.4. The number of amides is 1. The van der Waals surface area contributed by atoms with E-state index in [4.69, 9.17) is 4.74 Å². The molecule has 5 nitrogen and oxygen atoms in total. The Kier molecular flexibility index (Phi) is 5.07. The Morgan fingerprint density at radius 3 is 2.81 bits per heavy atom. The highest BCUT2D eigenvalue weighted by Crippen LogP contribution is 2.41. The lowest BCUT2D eigenvalue weighted by atomic mass is 10.0. The molecule has 0 N–H and O–H groups in total. The molecule has 1 saturated carbocycles. The largest absolute Gasteiger partial charge is 0.367 e. The Morgan fingerprint density at radius 1 is 1.23 bits per heavy atom. The fraction of sp³-hybridized carbons (Fsp3) is 0.524. The number of aryl methyl sites for hydroxylation is 1. The third-order valence-electron chi connectivity index (χ3n) is 5.40. The smallest absolute Gasteiger partial charge is 0.248 e. The highest BCUT2D eigenvalue weighted by molar-refractivity contribution is 5.77. The molecular weight excluding hydrogens is 326 g/mol. The van der Waals surface area contributed by atoms with Crippen molar-refractivity contribution in [2.45, 2.75) is 51.2 Å². The van der Waals surface area contributed by atoms with Gasteiger partial charge in [0.25, 0.3) is 0 Å². The summed E-state index contributed by atoms with van der Waals surface area (Å²) in [6.45, 7) is 4.36. The number of ether oxygens (including phenoxy) is 1. The monoisotopic (exact) mass is 353 g/mol. The Bertz CT molecular complexity index is 752. The first-order valence-electron chi connectivity index (χ1n) is 9.65. The maximum absolute atomic E-state index is 12.6. The summed E-state index contributed by atoms with van der Waals surface area (Å²) < 4.78 is 8.04. The number of piperidine rings is 1. The number of hydrogen-bond donors (Lipinski definition) is 0. The summed E-state index contributed by atoms with van der Waals surface area (Å²) in [5.41, 5.74) is 2.31. The number of nitrogens with zero attached hydrogens (tertiary/aromatic N) is 3. The lowest BCUT2D eigenvalue weighted by molar-refractivity contribution is -0.138. The van der Waals surface area contributed by atoms with Crippen LogP contribution in [0.5, 0.6) is 0 Å². The Labute approximate surface area is 155 Å². The van der Waals surface area contributed by atoms with Gasteiger partial charge in [0, 0.05) is 30.9 Å². The zero-order chi connectivity index (χ0) is 17.9. The second-order valence-electron chi connectivity index (χ2n) is 7.52. The van der Waals surface area contributed by atoms with Gasteiger partial charge in [-0.05, 0) is 38.2 Å². The number of benzene rings is 1. The van der Waals surface area contributed by atoms with Crippen molar-refractivity contribution in [3.8, 4) is 0 Å². The molecule has 1 aromatic heterocycles. The minimum absolute atomic E-state index is 0.0939. The fourth-order valence-electron chi connectivity index (χ4n) is 3.90. The van der Waals surface area contributed by atoms with Crippen molar-refractivity contribution in [2.24, 2.45) is 0 Å². The number of imidazole rings is 1. The highest BCUT2D eigenvalue weighted by Gasteiger charge is 2.33. The predicted molar refractivity (Wildman–Crippen MR) is 99.9 cm³/mol. The molecule has 1 aromatic carbocycles. The van der Waals surface area contributed by atoms with E-state index in [0.717, 1.165) is 31.5 Å². The predicted octanol–water partition coefficient (Wildman–Crippen LogP) is 3.45. The SMILES string of the molecule is Cc1cnc(C2CC2)n1C1CCCN(C(=O)COCc2ccccc2)C1. The molecule has 2 heterocycles. The molecule has 2 fully saturated rings. The Hall–Kier alpha value is -2.14. The summed E-state index contributed by atoms with van der Waals surface area (Å²) in [6, 6.07) is 10.3. The van der Waals surface area contributed by atoms with E-state index >= 15 is 0 Å². The van der Waals surface area contributed by atoms with Crippen LogP contribution in [0.3, 0.4) is 0 Å². The molecule has 138 valence electrons. The van der Waals surface area contributed by atoms with Crippen molar-refractivity contribution in [3.63, 3.8) is 0 Å². The van der Waals surface area contributed by atoms with Crippen molar-refractivity contribution >= 4 is 5.91 Å². The van der Waals surface area contributed by atoms with Crippen LogP contribution in [0.4, 0.5) is 0 Å². The van der Waals surface area contributed by atoms with Gasteiger partial charge >= 0.3 is 0 Å². The minimum Gasteiger partial charge on any atom is -0.367 e. The van der Waals surface area contributed by atoms with Gasteiger partial charge in [-0.2, -0.15) is 0 Å². The molecule has 0 bridgehead atoms. The molecule has 1 unspecified atom stereocenters. The van der Waals surface area contributed by atoms with E-state index in [0.29, 0.717) is 18.6 Å². The standard InChI is InChI=1S/C21H27N3O2/c1-16-12-22-21(18-9-10-18)24(16)19-8-5-11-23(13-19)20(25)15-26-14-17-6-3-2-4-7-17/h2-4,6-7,12,18-19H,5,8-11,13-15H2,1H3. The summed E-state index contributed by atoms with van der Waals surface area (Å²) in [7, 11) is 0. The fourth-order valence-corrected chi connectivity index (χ4v) is 3.90. The molecule has 1 aliphatic carbocycles. The molecule has 0 radical (unpaired) electrons. The lowest BCUT2D eigenvalue weighted by Crippen LogP contribution is -2.42. The molecule has 1 aliphatic heterocycles. The van der Waals surface area contributed by atoms with Crippen molar-refractivity contribution in [1.29, 1.82) is 0 Å². The average Bonchev–Trinajstić information content (AvgIpc) is 3.44. The normalized spacial score (nSPS) is 20.3. The number of aromatic nitrogens is 2. The van der Waals surface area contributed by atoms with E-state index in [1.807, 2.05) is 41.4 Å². The molecule has 5 heteroatoms. The molecule has 0 spiro atoms. The van der Waals surface area contributed by atoms with Crippen LogP contribution in [-0.4, -0.2) is 40.1 Å². The zero-order valence-corrected chi connectivity index (χ0v) is 15.4. The first-order chi connectivity index (χ1) is 12.7. The van der Waals surface area contributed by atoms with Gasteiger partial charge in [0.1, 0.15) is 12.4 Å². The van der Waals surface area contributed by atoms with Crippen LogP contribution in [-0.2, 0) is 16.1 Å². The summed E-state index contributed by atoms with van der Waals surface area (Å²) in [4.78, 5) is 19.2. The lowest BCUT2D eigenvalue weighted by Gasteiger charge is -2.34. The number of rotatable bonds is 6. The van der Waals surface area contributed by atoms with Gasteiger partial charge in [0.15, 0.2) is 0 Å². The topological polar surface area (TPSA) is 47.4 Å². The third kappa shape index (κ3) is 3.83. The molecule has 1 saturated heterocycles. The van der Waals surface area contributed by atoms with E-state index in [1.165, 1.54) is 24.4 Å². The van der Waals surface area contributed by atoms with E-state index in [2.05, 4.69) is 16.5 Å². The summed E-state index contributed by atoms with van der Waals surface area (Å²) >= 11 is 0. The minimum atomic E-state index is 0.0939. The number of likely N-dealkylation sites (tertiary alicyclic amines) is 1. The van der Waals surface area contributed by atoms with Crippen molar-refractivity contribution in [3.05, 3.63) is 53.6 Å². The van der Waals surface area contributed by atoms with Crippen LogP contribution in [0.1, 0.15) is 54.7 Å². The van der Waals surface area contributed by atoms with E-state index < -0.39 is 0 Å². The van der Waals surface area contributed by atoms with Crippen LogP contribution >= 0.6 is 0 Å². The Balaban J connectivity index is 1.34. The van der Waals surface area contributed by atoms with Crippen LogP contribution in [0.25, 0.3) is 0 Å². The Morgan fingerprint density at radius 2 is 2.04 bits per heavy atom.